The zero-order valence-electron chi connectivity index (χ0n) is 10.2. The van der Waals surface area contributed by atoms with E-state index in [-0.39, 0.29) is 6.04 Å². The Balaban J connectivity index is 2.21. The number of rotatable bonds is 4. The molecule has 1 atom stereocenters. The lowest BCUT2D eigenvalue weighted by molar-refractivity contribution is 0.870. The monoisotopic (exact) mass is 341 g/mol. The third kappa shape index (κ3) is 3.56. The van der Waals surface area contributed by atoms with Crippen molar-refractivity contribution >= 4 is 39.3 Å². The Bertz CT molecular complexity index is 578. The van der Waals surface area contributed by atoms with E-state index in [0.717, 1.165) is 10.0 Å². The molecule has 0 radical (unpaired) electrons. The van der Waals surface area contributed by atoms with Gasteiger partial charge in [0.15, 0.2) is 0 Å². The van der Waals surface area contributed by atoms with Gasteiger partial charge in [0.1, 0.15) is 5.82 Å². The molecule has 0 aliphatic carbocycles. The van der Waals surface area contributed by atoms with Gasteiger partial charge >= 0.3 is 0 Å². The average Bonchev–Trinajstić information content (AvgIpc) is 2.41. The van der Waals surface area contributed by atoms with Crippen LogP contribution in [0.25, 0.3) is 0 Å². The number of hydrazine groups is 1. The van der Waals surface area contributed by atoms with Crippen molar-refractivity contribution in [3.63, 3.8) is 0 Å². The molecular weight excluding hydrogens is 330 g/mol. The highest BCUT2D eigenvalue weighted by molar-refractivity contribution is 9.10. The van der Waals surface area contributed by atoms with Crippen molar-refractivity contribution in [3.8, 4) is 0 Å². The SMILES string of the molecule is CC(Nc1nc(NN)ncc1Br)c1cccc(Cl)c1. The molecule has 1 heterocycles. The molecular formula is C12H13BrClN5. The van der Waals surface area contributed by atoms with Crippen molar-refractivity contribution < 1.29 is 0 Å². The fraction of sp³-hybridized carbons (Fsp3) is 0.167. The first-order valence-corrected chi connectivity index (χ1v) is 6.78. The normalized spacial score (nSPS) is 12.0. The van der Waals surface area contributed by atoms with Crippen LogP contribution in [0.4, 0.5) is 11.8 Å². The summed E-state index contributed by atoms with van der Waals surface area (Å²) in [5, 5.41) is 3.98. The molecule has 0 aliphatic heterocycles. The maximum Gasteiger partial charge on any atom is 0.239 e. The molecule has 2 rings (SSSR count). The number of halogens is 2. The molecule has 2 aromatic rings. The Labute approximate surface area is 124 Å². The van der Waals surface area contributed by atoms with E-state index in [9.17, 15) is 0 Å². The molecule has 5 nitrogen and oxygen atoms in total. The van der Waals surface area contributed by atoms with Crippen LogP contribution >= 0.6 is 27.5 Å². The van der Waals surface area contributed by atoms with Crippen LogP contribution in [0.15, 0.2) is 34.9 Å². The second-order valence-electron chi connectivity index (χ2n) is 3.96. The van der Waals surface area contributed by atoms with Crippen molar-refractivity contribution in [2.24, 2.45) is 5.84 Å². The number of nitrogens with zero attached hydrogens (tertiary/aromatic N) is 2. The van der Waals surface area contributed by atoms with Gasteiger partial charge in [0.2, 0.25) is 5.95 Å². The van der Waals surface area contributed by atoms with Crippen LogP contribution in [0.1, 0.15) is 18.5 Å². The van der Waals surface area contributed by atoms with Crippen molar-refractivity contribution in [1.29, 1.82) is 0 Å². The van der Waals surface area contributed by atoms with E-state index in [4.69, 9.17) is 17.4 Å². The van der Waals surface area contributed by atoms with Gasteiger partial charge in [-0.05, 0) is 40.5 Å². The first kappa shape index (κ1) is 14.0. The minimum atomic E-state index is 0.0514. The molecule has 4 N–H and O–H groups in total. The maximum absolute atomic E-state index is 5.98. The van der Waals surface area contributed by atoms with Gasteiger partial charge in [-0.15, -0.1) is 0 Å². The molecule has 19 heavy (non-hydrogen) atoms. The van der Waals surface area contributed by atoms with E-state index in [2.05, 4.69) is 36.6 Å². The van der Waals surface area contributed by atoms with Crippen molar-refractivity contribution in [2.75, 3.05) is 10.7 Å². The molecule has 0 saturated heterocycles. The molecule has 1 aromatic carbocycles. The average molecular weight is 343 g/mol. The summed E-state index contributed by atoms with van der Waals surface area (Å²) in [5.74, 6) is 6.31. The van der Waals surface area contributed by atoms with E-state index in [1.54, 1.807) is 6.20 Å². The second kappa shape index (κ2) is 6.18. The Morgan fingerprint density at radius 3 is 2.89 bits per heavy atom. The highest BCUT2D eigenvalue weighted by atomic mass is 79.9. The summed E-state index contributed by atoms with van der Waals surface area (Å²) >= 11 is 9.37. The molecule has 7 heteroatoms. The van der Waals surface area contributed by atoms with Crippen molar-refractivity contribution in [2.45, 2.75) is 13.0 Å². The van der Waals surface area contributed by atoms with E-state index in [1.165, 1.54) is 0 Å². The summed E-state index contributed by atoms with van der Waals surface area (Å²) in [4.78, 5) is 8.24. The number of hydrogen-bond donors (Lipinski definition) is 3. The smallest absolute Gasteiger partial charge is 0.239 e. The summed E-state index contributed by atoms with van der Waals surface area (Å²) in [6, 6.07) is 7.72. The Morgan fingerprint density at radius 2 is 2.21 bits per heavy atom. The Kier molecular flexibility index (Phi) is 4.57. The molecule has 0 amide bonds. The Morgan fingerprint density at radius 1 is 1.42 bits per heavy atom. The number of nitrogens with two attached hydrogens (primary N) is 1. The van der Waals surface area contributed by atoms with Crippen LogP contribution in [0.3, 0.4) is 0 Å². The Hall–Kier alpha value is -1.37. The van der Waals surface area contributed by atoms with Crippen LogP contribution in [0, 0.1) is 0 Å². The van der Waals surface area contributed by atoms with Crippen LogP contribution in [0.2, 0.25) is 5.02 Å². The lowest BCUT2D eigenvalue weighted by Crippen LogP contribution is -2.13. The topological polar surface area (TPSA) is 75.9 Å². The third-order valence-electron chi connectivity index (χ3n) is 2.58. The highest BCUT2D eigenvalue weighted by Gasteiger charge is 2.10. The number of nitrogen functional groups attached to an aromatic ring is 1. The summed E-state index contributed by atoms with van der Waals surface area (Å²) in [6.45, 7) is 2.02. The minimum absolute atomic E-state index is 0.0514. The molecule has 0 fully saturated rings. The van der Waals surface area contributed by atoms with Gasteiger partial charge in [0.05, 0.1) is 10.5 Å². The molecule has 100 valence electrons. The van der Waals surface area contributed by atoms with E-state index in [0.29, 0.717) is 16.8 Å². The van der Waals surface area contributed by atoms with Crippen LogP contribution < -0.4 is 16.6 Å². The quantitative estimate of drug-likeness (QED) is 0.587. The number of nitrogens with one attached hydrogen (secondary N) is 2. The molecule has 0 bridgehead atoms. The van der Waals surface area contributed by atoms with Gasteiger partial charge in [-0.2, -0.15) is 4.98 Å². The number of hydrogen-bond acceptors (Lipinski definition) is 5. The molecule has 1 unspecified atom stereocenters. The maximum atomic E-state index is 5.98. The van der Waals surface area contributed by atoms with Crippen LogP contribution in [-0.2, 0) is 0 Å². The molecule has 0 saturated carbocycles. The van der Waals surface area contributed by atoms with Gasteiger partial charge in [0.25, 0.3) is 0 Å². The van der Waals surface area contributed by atoms with Crippen molar-refractivity contribution in [3.05, 3.63) is 45.5 Å². The fourth-order valence-corrected chi connectivity index (χ4v) is 2.11. The van der Waals surface area contributed by atoms with Gasteiger partial charge < -0.3 is 5.32 Å². The first-order chi connectivity index (χ1) is 9.10. The summed E-state index contributed by atoms with van der Waals surface area (Å²) < 4.78 is 0.764. The minimum Gasteiger partial charge on any atom is -0.362 e. The van der Waals surface area contributed by atoms with Gasteiger partial charge in [0, 0.05) is 11.2 Å². The van der Waals surface area contributed by atoms with E-state index in [1.807, 2.05) is 31.2 Å². The highest BCUT2D eigenvalue weighted by Crippen LogP contribution is 2.26. The zero-order chi connectivity index (χ0) is 13.8. The van der Waals surface area contributed by atoms with Crippen LogP contribution in [-0.4, -0.2) is 9.97 Å². The predicted octanol–water partition coefficient (Wildman–Crippen LogP) is 3.35. The van der Waals surface area contributed by atoms with Crippen LogP contribution in [0.5, 0.6) is 0 Å². The van der Waals surface area contributed by atoms with Gasteiger partial charge in [-0.25, -0.2) is 10.8 Å². The molecule has 0 aliphatic rings. The summed E-state index contributed by atoms with van der Waals surface area (Å²) in [7, 11) is 0. The summed E-state index contributed by atoms with van der Waals surface area (Å²) in [6.07, 6.45) is 1.63. The predicted molar refractivity (Wildman–Crippen MR) is 81.0 cm³/mol. The number of benzene rings is 1. The zero-order valence-corrected chi connectivity index (χ0v) is 12.5. The van der Waals surface area contributed by atoms with Gasteiger partial charge in [-0.3, -0.25) is 5.43 Å². The number of aromatic nitrogens is 2. The fourth-order valence-electron chi connectivity index (χ4n) is 1.60. The molecule has 0 spiro atoms. The second-order valence-corrected chi connectivity index (χ2v) is 5.25. The van der Waals surface area contributed by atoms with E-state index >= 15 is 0 Å². The van der Waals surface area contributed by atoms with E-state index < -0.39 is 0 Å². The standard InChI is InChI=1S/C12H13BrClN5/c1-7(8-3-2-4-9(14)5-8)17-11-10(13)6-16-12(18-11)19-15/h2-7H,15H2,1H3,(H2,16,17,18,19). The molecule has 1 aromatic heterocycles. The van der Waals surface area contributed by atoms with Gasteiger partial charge in [-0.1, -0.05) is 23.7 Å². The first-order valence-electron chi connectivity index (χ1n) is 5.61. The lowest BCUT2D eigenvalue weighted by Gasteiger charge is -2.16. The lowest BCUT2D eigenvalue weighted by atomic mass is 10.1. The summed E-state index contributed by atoms with van der Waals surface area (Å²) in [5.41, 5.74) is 3.48. The van der Waals surface area contributed by atoms with Crippen molar-refractivity contribution in [1.82, 2.24) is 9.97 Å². The number of anilines is 2. The third-order valence-corrected chi connectivity index (χ3v) is 3.39. The largest absolute Gasteiger partial charge is 0.362 e.